The number of halogens is 1. The van der Waals surface area contributed by atoms with E-state index < -0.39 is 12.3 Å². The molecule has 0 amide bonds. The first-order valence-corrected chi connectivity index (χ1v) is 3.12. The van der Waals surface area contributed by atoms with E-state index in [-0.39, 0.29) is 0 Å². The van der Waals surface area contributed by atoms with Crippen LogP contribution in [0.1, 0.15) is 25.7 Å². The van der Waals surface area contributed by atoms with Gasteiger partial charge in [-0.1, -0.05) is 0 Å². The third kappa shape index (κ3) is 2.00. The van der Waals surface area contributed by atoms with Crippen LogP contribution in [0.25, 0.3) is 0 Å². The van der Waals surface area contributed by atoms with Crippen molar-refractivity contribution in [2.45, 2.75) is 32.0 Å². The number of carbonyl (C=O) groups is 1. The van der Waals surface area contributed by atoms with Crippen LogP contribution in [0.3, 0.4) is 0 Å². The number of ether oxygens (including phenoxy) is 1. The number of cyclic esters (lactones) is 1. The second-order valence-electron chi connectivity index (χ2n) is 2.15. The number of alkyl halides is 1. The summed E-state index contributed by atoms with van der Waals surface area (Å²) in [4.78, 5) is 10.4. The van der Waals surface area contributed by atoms with Crippen LogP contribution in [0.5, 0.6) is 0 Å². The van der Waals surface area contributed by atoms with Gasteiger partial charge < -0.3 is 4.74 Å². The highest BCUT2D eigenvalue weighted by Crippen LogP contribution is 2.14. The van der Waals surface area contributed by atoms with Crippen molar-refractivity contribution in [3.8, 4) is 0 Å². The van der Waals surface area contributed by atoms with Gasteiger partial charge in [0.15, 0.2) is 0 Å². The Balaban J connectivity index is 2.37. The van der Waals surface area contributed by atoms with E-state index in [1.807, 2.05) is 0 Å². The quantitative estimate of drug-likeness (QED) is 0.465. The van der Waals surface area contributed by atoms with Crippen molar-refractivity contribution in [1.82, 2.24) is 0 Å². The Labute approximate surface area is 53.0 Å². The van der Waals surface area contributed by atoms with Crippen molar-refractivity contribution in [3.05, 3.63) is 0 Å². The first-order valence-electron chi connectivity index (χ1n) is 3.12. The molecule has 0 saturated carbocycles. The van der Waals surface area contributed by atoms with E-state index in [9.17, 15) is 9.18 Å². The zero-order valence-electron chi connectivity index (χ0n) is 5.10. The number of rotatable bonds is 0. The van der Waals surface area contributed by atoms with Crippen LogP contribution < -0.4 is 0 Å². The molecule has 0 spiro atoms. The van der Waals surface area contributed by atoms with E-state index in [0.29, 0.717) is 12.8 Å². The summed E-state index contributed by atoms with van der Waals surface area (Å²) in [6, 6.07) is 0. The first kappa shape index (κ1) is 6.52. The lowest BCUT2D eigenvalue weighted by Crippen LogP contribution is -2.08. The fraction of sp³-hybridized carbons (Fsp3) is 0.833. The number of carbonyl (C=O) groups excluding carboxylic acids is 1. The molecule has 1 aliphatic heterocycles. The number of esters is 1. The minimum absolute atomic E-state index is 0.367. The van der Waals surface area contributed by atoms with Gasteiger partial charge in [-0.2, -0.15) is 0 Å². The van der Waals surface area contributed by atoms with Crippen molar-refractivity contribution in [2.24, 2.45) is 0 Å². The number of hydrogen-bond acceptors (Lipinski definition) is 2. The predicted octanol–water partition coefficient (Wildman–Crippen LogP) is 1.40. The Morgan fingerprint density at radius 1 is 1.56 bits per heavy atom. The van der Waals surface area contributed by atoms with Crippen LogP contribution in [0.15, 0.2) is 0 Å². The molecule has 1 heterocycles. The van der Waals surface area contributed by atoms with Crippen molar-refractivity contribution in [2.75, 3.05) is 0 Å². The van der Waals surface area contributed by atoms with Gasteiger partial charge in [-0.15, -0.1) is 0 Å². The molecule has 1 fully saturated rings. The molecule has 2 nitrogen and oxygen atoms in total. The highest BCUT2D eigenvalue weighted by atomic mass is 19.1. The summed E-state index contributed by atoms with van der Waals surface area (Å²) in [6.45, 7) is 0. The van der Waals surface area contributed by atoms with E-state index in [4.69, 9.17) is 0 Å². The van der Waals surface area contributed by atoms with Crippen LogP contribution in [-0.4, -0.2) is 12.3 Å². The van der Waals surface area contributed by atoms with Gasteiger partial charge in [-0.25, -0.2) is 4.39 Å². The molecule has 1 unspecified atom stereocenters. The Hall–Kier alpha value is -0.600. The fourth-order valence-electron chi connectivity index (χ4n) is 0.835. The van der Waals surface area contributed by atoms with Crippen LogP contribution in [-0.2, 0) is 9.53 Å². The molecule has 0 radical (unpaired) electrons. The van der Waals surface area contributed by atoms with E-state index in [1.54, 1.807) is 0 Å². The second-order valence-corrected chi connectivity index (χ2v) is 2.15. The molecule has 1 saturated heterocycles. The Bertz CT molecular complexity index is 114. The predicted molar refractivity (Wildman–Crippen MR) is 29.5 cm³/mol. The van der Waals surface area contributed by atoms with Crippen molar-refractivity contribution in [3.63, 3.8) is 0 Å². The van der Waals surface area contributed by atoms with Crippen LogP contribution >= 0.6 is 0 Å². The zero-order valence-corrected chi connectivity index (χ0v) is 5.10. The fourth-order valence-corrected chi connectivity index (χ4v) is 0.835. The molecule has 0 aliphatic carbocycles. The molecule has 1 rings (SSSR count). The Morgan fingerprint density at radius 2 is 2.33 bits per heavy atom. The molecule has 0 aromatic carbocycles. The molecule has 1 atom stereocenters. The summed E-state index contributed by atoms with van der Waals surface area (Å²) in [5, 5.41) is 0. The maximum atomic E-state index is 12.3. The van der Waals surface area contributed by atoms with Gasteiger partial charge in [0.05, 0.1) is 0 Å². The van der Waals surface area contributed by atoms with Gasteiger partial charge in [-0.3, -0.25) is 4.79 Å². The van der Waals surface area contributed by atoms with E-state index >= 15 is 0 Å². The van der Waals surface area contributed by atoms with Gasteiger partial charge in [0.2, 0.25) is 6.36 Å². The Morgan fingerprint density at radius 3 is 3.11 bits per heavy atom. The van der Waals surface area contributed by atoms with Crippen LogP contribution in [0.2, 0.25) is 0 Å². The summed E-state index contributed by atoms with van der Waals surface area (Å²) >= 11 is 0. The average Bonchev–Trinajstić information content (AvgIpc) is 1.93. The zero-order chi connectivity index (χ0) is 6.69. The summed E-state index contributed by atoms with van der Waals surface area (Å²) in [5.74, 6) is -0.403. The summed E-state index contributed by atoms with van der Waals surface area (Å²) in [7, 11) is 0. The molecule has 9 heavy (non-hydrogen) atoms. The monoisotopic (exact) mass is 132 g/mol. The highest BCUT2D eigenvalue weighted by molar-refractivity contribution is 5.69. The second kappa shape index (κ2) is 2.80. The normalized spacial score (nSPS) is 29.0. The van der Waals surface area contributed by atoms with Gasteiger partial charge >= 0.3 is 5.97 Å². The van der Waals surface area contributed by atoms with E-state index in [0.717, 1.165) is 12.8 Å². The van der Waals surface area contributed by atoms with Crippen LogP contribution in [0.4, 0.5) is 4.39 Å². The SMILES string of the molecule is O=C1CCCCC(F)O1. The molecule has 52 valence electrons. The molecular weight excluding hydrogens is 123 g/mol. The summed E-state index contributed by atoms with van der Waals surface area (Å²) in [5.41, 5.74) is 0. The topological polar surface area (TPSA) is 26.3 Å². The van der Waals surface area contributed by atoms with Gasteiger partial charge in [0.25, 0.3) is 0 Å². The van der Waals surface area contributed by atoms with Gasteiger partial charge in [0.1, 0.15) is 0 Å². The van der Waals surface area contributed by atoms with Gasteiger partial charge in [-0.05, 0) is 12.8 Å². The lowest BCUT2D eigenvalue weighted by molar-refractivity contribution is -0.156. The molecule has 3 heteroatoms. The van der Waals surface area contributed by atoms with Crippen molar-refractivity contribution < 1.29 is 13.9 Å². The third-order valence-corrected chi connectivity index (χ3v) is 1.32. The first-order chi connectivity index (χ1) is 4.29. The molecular formula is C6H9FO2. The van der Waals surface area contributed by atoms with Gasteiger partial charge in [0, 0.05) is 12.8 Å². The molecule has 0 bridgehead atoms. The molecule has 0 N–H and O–H groups in total. The minimum Gasteiger partial charge on any atom is -0.431 e. The lowest BCUT2D eigenvalue weighted by atomic mass is 10.2. The summed E-state index contributed by atoms with van der Waals surface area (Å²) < 4.78 is 16.6. The van der Waals surface area contributed by atoms with Crippen molar-refractivity contribution >= 4 is 5.97 Å². The molecule has 0 aromatic rings. The molecule has 0 aromatic heterocycles. The summed E-state index contributed by atoms with van der Waals surface area (Å²) in [6.07, 6.45) is 0.915. The van der Waals surface area contributed by atoms with Crippen molar-refractivity contribution in [1.29, 1.82) is 0 Å². The molecule has 1 aliphatic rings. The largest absolute Gasteiger partial charge is 0.431 e. The third-order valence-electron chi connectivity index (χ3n) is 1.32. The van der Waals surface area contributed by atoms with Crippen LogP contribution in [0, 0.1) is 0 Å². The standard InChI is InChI=1S/C6H9FO2/c7-5-3-1-2-4-6(8)9-5/h5H,1-4H2. The van der Waals surface area contributed by atoms with E-state index in [2.05, 4.69) is 4.74 Å². The maximum Gasteiger partial charge on any atom is 0.308 e. The smallest absolute Gasteiger partial charge is 0.308 e. The maximum absolute atomic E-state index is 12.3. The average molecular weight is 132 g/mol. The highest BCUT2D eigenvalue weighted by Gasteiger charge is 2.16. The minimum atomic E-state index is -1.35. The van der Waals surface area contributed by atoms with E-state index in [1.165, 1.54) is 0 Å². The lowest BCUT2D eigenvalue weighted by Gasteiger charge is -2.02. The Kier molecular flexibility index (Phi) is 2.03. The number of hydrogen-bond donors (Lipinski definition) is 0.